The van der Waals surface area contributed by atoms with Crippen LogP contribution in [0.4, 0.5) is 0 Å². The fourth-order valence-corrected chi connectivity index (χ4v) is 4.94. The number of benzene rings is 2. The summed E-state index contributed by atoms with van der Waals surface area (Å²) in [6.45, 7) is 7.32. The highest BCUT2D eigenvalue weighted by Gasteiger charge is 2.26. The van der Waals surface area contributed by atoms with Gasteiger partial charge in [0, 0.05) is 39.3 Å². The molecule has 0 bridgehead atoms. The average Bonchev–Trinajstić information content (AvgIpc) is 2.79. The van der Waals surface area contributed by atoms with Gasteiger partial charge in [-0.25, -0.2) is 8.42 Å². The highest BCUT2D eigenvalue weighted by Crippen LogP contribution is 2.18. The summed E-state index contributed by atoms with van der Waals surface area (Å²) in [5.74, 6) is 0.605. The van der Waals surface area contributed by atoms with Crippen molar-refractivity contribution < 1.29 is 17.9 Å². The van der Waals surface area contributed by atoms with E-state index in [-0.39, 0.29) is 24.8 Å². The summed E-state index contributed by atoms with van der Waals surface area (Å²) >= 11 is 0. The van der Waals surface area contributed by atoms with Gasteiger partial charge >= 0.3 is 0 Å². The molecular weight excluding hydrogens is 426 g/mol. The van der Waals surface area contributed by atoms with Crippen LogP contribution in [0.3, 0.4) is 0 Å². The molecule has 2 aromatic carbocycles. The van der Waals surface area contributed by atoms with Gasteiger partial charge in [-0.3, -0.25) is 9.69 Å². The summed E-state index contributed by atoms with van der Waals surface area (Å²) in [5, 5.41) is 2.64. The first-order valence-electron chi connectivity index (χ1n) is 11.1. The molecule has 0 radical (unpaired) electrons. The van der Waals surface area contributed by atoms with Crippen LogP contribution in [0.2, 0.25) is 0 Å². The maximum absolute atomic E-state index is 12.6. The van der Waals surface area contributed by atoms with Gasteiger partial charge in [0.25, 0.3) is 5.91 Å². The molecule has 1 saturated heterocycles. The molecule has 1 heterocycles. The van der Waals surface area contributed by atoms with Gasteiger partial charge in [0.15, 0.2) is 6.61 Å². The minimum atomic E-state index is -3.40. The van der Waals surface area contributed by atoms with Gasteiger partial charge in [0.05, 0.1) is 5.75 Å². The first-order valence-corrected chi connectivity index (χ1v) is 12.7. The number of sulfonamides is 1. The van der Waals surface area contributed by atoms with Crippen LogP contribution < -0.4 is 10.1 Å². The molecule has 7 nitrogen and oxygen atoms in total. The number of rotatable bonds is 10. The Morgan fingerprint density at radius 3 is 2.28 bits per heavy atom. The molecule has 2 aromatic rings. The van der Waals surface area contributed by atoms with Crippen molar-refractivity contribution in [3.05, 3.63) is 65.7 Å². The zero-order chi connectivity index (χ0) is 23.0. The maximum Gasteiger partial charge on any atom is 0.257 e. The van der Waals surface area contributed by atoms with Crippen molar-refractivity contribution in [3.63, 3.8) is 0 Å². The van der Waals surface area contributed by atoms with Crippen molar-refractivity contribution in [2.24, 2.45) is 0 Å². The van der Waals surface area contributed by atoms with Crippen LogP contribution in [0.15, 0.2) is 54.6 Å². The topological polar surface area (TPSA) is 78.9 Å². The van der Waals surface area contributed by atoms with Crippen molar-refractivity contribution in [1.29, 1.82) is 0 Å². The lowest BCUT2D eigenvalue weighted by Gasteiger charge is -2.34. The third-order valence-electron chi connectivity index (χ3n) is 5.57. The quantitative estimate of drug-likeness (QED) is 0.591. The Morgan fingerprint density at radius 2 is 1.66 bits per heavy atom. The first-order chi connectivity index (χ1) is 15.3. The molecule has 0 spiro atoms. The minimum absolute atomic E-state index is 0.0705. The predicted molar refractivity (Wildman–Crippen MR) is 126 cm³/mol. The van der Waals surface area contributed by atoms with Gasteiger partial charge < -0.3 is 10.1 Å². The number of nitrogens with one attached hydrogen (secondary N) is 1. The van der Waals surface area contributed by atoms with Crippen LogP contribution in [0.25, 0.3) is 0 Å². The molecule has 1 aliphatic rings. The molecule has 0 saturated carbocycles. The number of amides is 1. The van der Waals surface area contributed by atoms with E-state index in [2.05, 4.69) is 36.2 Å². The molecule has 0 atom stereocenters. The summed E-state index contributed by atoms with van der Waals surface area (Å²) in [6, 6.07) is 17.8. The number of carbonyl (C=O) groups excluding carboxylic acids is 1. The van der Waals surface area contributed by atoms with Gasteiger partial charge in [0.1, 0.15) is 5.75 Å². The largest absolute Gasteiger partial charge is 0.484 e. The first kappa shape index (κ1) is 24.2. The molecule has 32 heavy (non-hydrogen) atoms. The molecule has 0 aromatic heterocycles. The van der Waals surface area contributed by atoms with Crippen molar-refractivity contribution in [2.45, 2.75) is 26.3 Å². The number of ether oxygens (including phenoxy) is 1. The van der Waals surface area contributed by atoms with Crippen molar-refractivity contribution >= 4 is 15.9 Å². The Labute approximate surface area is 191 Å². The number of carbonyl (C=O) groups is 1. The van der Waals surface area contributed by atoms with E-state index in [0.717, 1.165) is 6.54 Å². The molecule has 1 fully saturated rings. The summed E-state index contributed by atoms with van der Waals surface area (Å²) < 4.78 is 32.3. The van der Waals surface area contributed by atoms with Gasteiger partial charge in [-0.1, -0.05) is 56.3 Å². The Kier molecular flexibility index (Phi) is 8.67. The zero-order valence-corrected chi connectivity index (χ0v) is 19.7. The van der Waals surface area contributed by atoms with Crippen LogP contribution in [-0.4, -0.2) is 68.6 Å². The summed E-state index contributed by atoms with van der Waals surface area (Å²) in [6.07, 6.45) is 0. The van der Waals surface area contributed by atoms with E-state index in [9.17, 15) is 13.2 Å². The molecule has 174 valence electrons. The van der Waals surface area contributed by atoms with Gasteiger partial charge in [0.2, 0.25) is 10.0 Å². The molecular formula is C24H33N3O4S. The van der Waals surface area contributed by atoms with E-state index in [1.54, 1.807) is 0 Å². The van der Waals surface area contributed by atoms with Crippen molar-refractivity contribution in [1.82, 2.24) is 14.5 Å². The molecule has 8 heteroatoms. The van der Waals surface area contributed by atoms with Crippen LogP contribution in [0.5, 0.6) is 5.75 Å². The Morgan fingerprint density at radius 1 is 1.00 bits per heavy atom. The van der Waals surface area contributed by atoms with E-state index >= 15 is 0 Å². The highest BCUT2D eigenvalue weighted by molar-refractivity contribution is 7.89. The van der Waals surface area contributed by atoms with E-state index in [4.69, 9.17) is 4.74 Å². The van der Waals surface area contributed by atoms with Crippen LogP contribution in [0, 0.1) is 0 Å². The standard InChI is InChI=1S/C24H33N3O4S/c1-20(2)22-8-10-23(11-9-22)31-19-24(28)25-12-17-32(29,30)27-15-13-26(14-16-27)18-21-6-4-3-5-7-21/h3-11,20H,12-19H2,1-2H3,(H,25,28). The van der Waals surface area contributed by atoms with E-state index in [1.165, 1.54) is 15.4 Å². The molecule has 0 unspecified atom stereocenters. The number of hydrogen-bond donors (Lipinski definition) is 1. The normalized spacial score (nSPS) is 15.6. The molecule has 1 amide bonds. The van der Waals surface area contributed by atoms with Crippen LogP contribution in [-0.2, 0) is 21.4 Å². The van der Waals surface area contributed by atoms with E-state index < -0.39 is 10.0 Å². The molecule has 1 N–H and O–H groups in total. The SMILES string of the molecule is CC(C)c1ccc(OCC(=O)NCCS(=O)(=O)N2CCN(Cc3ccccc3)CC2)cc1. The number of piperazine rings is 1. The smallest absolute Gasteiger partial charge is 0.257 e. The average molecular weight is 460 g/mol. The minimum Gasteiger partial charge on any atom is -0.484 e. The fourth-order valence-electron chi connectivity index (χ4n) is 3.60. The number of hydrogen-bond acceptors (Lipinski definition) is 5. The summed E-state index contributed by atoms with van der Waals surface area (Å²) in [4.78, 5) is 14.3. The van der Waals surface area contributed by atoms with Crippen LogP contribution in [0.1, 0.15) is 30.9 Å². The monoisotopic (exact) mass is 459 g/mol. The van der Waals surface area contributed by atoms with Gasteiger partial charge in [-0.15, -0.1) is 0 Å². The summed E-state index contributed by atoms with van der Waals surface area (Å²) in [7, 11) is -3.40. The third-order valence-corrected chi connectivity index (χ3v) is 7.44. The molecule has 0 aliphatic carbocycles. The van der Waals surface area contributed by atoms with Gasteiger partial charge in [-0.2, -0.15) is 4.31 Å². The van der Waals surface area contributed by atoms with Crippen LogP contribution >= 0.6 is 0 Å². The molecule has 1 aliphatic heterocycles. The molecule has 3 rings (SSSR count). The van der Waals surface area contributed by atoms with E-state index in [0.29, 0.717) is 37.8 Å². The van der Waals surface area contributed by atoms with Gasteiger partial charge in [-0.05, 0) is 29.2 Å². The number of nitrogens with zero attached hydrogens (tertiary/aromatic N) is 2. The zero-order valence-electron chi connectivity index (χ0n) is 18.9. The third kappa shape index (κ3) is 7.32. The Bertz CT molecular complexity index is 954. The lowest BCUT2D eigenvalue weighted by Crippen LogP contribution is -2.49. The second-order valence-electron chi connectivity index (χ2n) is 8.34. The fraction of sp³-hybridized carbons (Fsp3) is 0.458. The second kappa shape index (κ2) is 11.4. The lowest BCUT2D eigenvalue weighted by molar-refractivity contribution is -0.122. The van der Waals surface area contributed by atoms with Crippen molar-refractivity contribution in [3.8, 4) is 5.75 Å². The highest BCUT2D eigenvalue weighted by atomic mass is 32.2. The van der Waals surface area contributed by atoms with Crippen molar-refractivity contribution in [2.75, 3.05) is 45.1 Å². The maximum atomic E-state index is 12.6. The summed E-state index contributed by atoms with van der Waals surface area (Å²) in [5.41, 5.74) is 2.43. The lowest BCUT2D eigenvalue weighted by atomic mass is 10.0. The Hall–Kier alpha value is -2.42. The Balaban J connectivity index is 1.35. The van der Waals surface area contributed by atoms with E-state index in [1.807, 2.05) is 42.5 Å². The second-order valence-corrected chi connectivity index (χ2v) is 10.4. The predicted octanol–water partition coefficient (Wildman–Crippen LogP) is 2.45.